The smallest absolute Gasteiger partial charge is 0.244 e. The van der Waals surface area contributed by atoms with Crippen LogP contribution in [0.4, 0.5) is 13.2 Å². The van der Waals surface area contributed by atoms with Gasteiger partial charge in [-0.2, -0.15) is 5.26 Å². The zero-order valence-corrected chi connectivity index (χ0v) is 13.6. The number of rotatable bonds is 2. The van der Waals surface area contributed by atoms with E-state index in [4.69, 9.17) is 10.5 Å². The van der Waals surface area contributed by atoms with Crippen LogP contribution in [0, 0.1) is 28.8 Å². The molecule has 0 aliphatic carbocycles. The van der Waals surface area contributed by atoms with Gasteiger partial charge in [-0.3, -0.25) is 5.10 Å². The number of aromatic amines is 1. The molecule has 2 aromatic carbocycles. The van der Waals surface area contributed by atoms with Crippen molar-refractivity contribution < 1.29 is 17.9 Å². The van der Waals surface area contributed by atoms with Gasteiger partial charge in [0.2, 0.25) is 11.8 Å². The van der Waals surface area contributed by atoms with Crippen LogP contribution in [-0.4, -0.2) is 10.2 Å². The molecule has 27 heavy (non-hydrogen) atoms. The second-order valence-electron chi connectivity index (χ2n) is 5.88. The van der Waals surface area contributed by atoms with Gasteiger partial charge in [-0.05, 0) is 36.4 Å². The number of nitrogens with two attached hydrogens (primary N) is 1. The van der Waals surface area contributed by atoms with Crippen LogP contribution in [-0.2, 0) is 0 Å². The SMILES string of the molecule is N#CC1=C(N)Oc2n[nH]c(-c3ccc(F)cc3)c2C1c1c(F)cccc1F. The highest BCUT2D eigenvalue weighted by atomic mass is 19.1. The maximum Gasteiger partial charge on any atom is 0.244 e. The molecule has 0 radical (unpaired) electrons. The third-order valence-corrected chi connectivity index (χ3v) is 4.36. The third-order valence-electron chi connectivity index (χ3n) is 4.36. The van der Waals surface area contributed by atoms with E-state index in [0.29, 0.717) is 11.3 Å². The van der Waals surface area contributed by atoms with Crippen molar-refractivity contribution in [1.29, 1.82) is 5.26 Å². The number of fused-ring (bicyclic) bond motifs is 1. The number of benzene rings is 2. The molecule has 0 fully saturated rings. The quantitative estimate of drug-likeness (QED) is 0.722. The molecule has 1 aromatic heterocycles. The summed E-state index contributed by atoms with van der Waals surface area (Å²) >= 11 is 0. The molecule has 2 heterocycles. The summed E-state index contributed by atoms with van der Waals surface area (Å²) in [6, 6.07) is 10.7. The summed E-state index contributed by atoms with van der Waals surface area (Å²) in [4.78, 5) is 0. The van der Waals surface area contributed by atoms with E-state index in [9.17, 15) is 18.4 Å². The Bertz CT molecular complexity index is 1090. The van der Waals surface area contributed by atoms with Crippen molar-refractivity contribution in [2.75, 3.05) is 0 Å². The number of nitrogens with zero attached hydrogens (tertiary/aromatic N) is 2. The molecule has 1 aliphatic heterocycles. The van der Waals surface area contributed by atoms with Gasteiger partial charge in [-0.1, -0.05) is 6.07 Å². The van der Waals surface area contributed by atoms with E-state index in [0.717, 1.165) is 12.1 Å². The maximum absolute atomic E-state index is 14.5. The Hall–Kier alpha value is -3.73. The Kier molecular flexibility index (Phi) is 3.85. The molecule has 3 aromatic rings. The van der Waals surface area contributed by atoms with Crippen LogP contribution in [0.5, 0.6) is 5.88 Å². The fraction of sp³-hybridized carbons (Fsp3) is 0.0526. The van der Waals surface area contributed by atoms with Gasteiger partial charge in [-0.25, -0.2) is 13.2 Å². The zero-order valence-electron chi connectivity index (χ0n) is 13.6. The van der Waals surface area contributed by atoms with Crippen molar-refractivity contribution in [1.82, 2.24) is 10.2 Å². The molecule has 0 spiro atoms. The highest BCUT2D eigenvalue weighted by Gasteiger charge is 2.38. The molecule has 0 amide bonds. The first-order valence-electron chi connectivity index (χ1n) is 7.87. The molecule has 1 atom stereocenters. The maximum atomic E-state index is 14.5. The van der Waals surface area contributed by atoms with E-state index in [1.54, 1.807) is 0 Å². The Morgan fingerprint density at radius 3 is 2.33 bits per heavy atom. The summed E-state index contributed by atoms with van der Waals surface area (Å²) in [7, 11) is 0. The molecule has 4 rings (SSSR count). The van der Waals surface area contributed by atoms with Crippen molar-refractivity contribution >= 4 is 0 Å². The number of halogens is 3. The lowest BCUT2D eigenvalue weighted by atomic mass is 9.82. The number of ether oxygens (including phenoxy) is 1. The van der Waals surface area contributed by atoms with Crippen LogP contribution in [0.25, 0.3) is 11.3 Å². The van der Waals surface area contributed by atoms with Gasteiger partial charge in [0.15, 0.2) is 0 Å². The second kappa shape index (κ2) is 6.21. The van der Waals surface area contributed by atoms with Gasteiger partial charge in [0.05, 0.1) is 17.2 Å². The number of allylic oxidation sites excluding steroid dienone is 1. The van der Waals surface area contributed by atoms with E-state index < -0.39 is 23.4 Å². The predicted octanol–water partition coefficient (Wildman–Crippen LogP) is 3.71. The number of H-pyrrole nitrogens is 1. The number of nitrogens with one attached hydrogen (secondary N) is 1. The lowest BCUT2D eigenvalue weighted by Gasteiger charge is -2.24. The number of nitriles is 1. The minimum absolute atomic E-state index is 0.00141. The van der Waals surface area contributed by atoms with Crippen LogP contribution in [0.15, 0.2) is 53.9 Å². The average Bonchev–Trinajstić information content (AvgIpc) is 3.05. The lowest BCUT2D eigenvalue weighted by Crippen LogP contribution is -2.22. The molecule has 134 valence electrons. The van der Waals surface area contributed by atoms with Crippen LogP contribution in [0.1, 0.15) is 17.0 Å². The van der Waals surface area contributed by atoms with Crippen LogP contribution in [0.3, 0.4) is 0 Å². The fourth-order valence-electron chi connectivity index (χ4n) is 3.16. The molecule has 0 bridgehead atoms. The van der Waals surface area contributed by atoms with Crippen LogP contribution < -0.4 is 10.5 Å². The highest BCUT2D eigenvalue weighted by molar-refractivity contribution is 5.70. The predicted molar refractivity (Wildman–Crippen MR) is 89.6 cm³/mol. The minimum Gasteiger partial charge on any atom is -0.420 e. The van der Waals surface area contributed by atoms with Crippen molar-refractivity contribution in [3.63, 3.8) is 0 Å². The van der Waals surface area contributed by atoms with E-state index in [2.05, 4.69) is 10.2 Å². The summed E-state index contributed by atoms with van der Waals surface area (Å²) in [6.45, 7) is 0. The van der Waals surface area contributed by atoms with Gasteiger partial charge in [-0.15, -0.1) is 5.10 Å². The summed E-state index contributed by atoms with van der Waals surface area (Å²) in [5, 5.41) is 16.3. The topological polar surface area (TPSA) is 87.7 Å². The molecule has 0 saturated carbocycles. The Labute approximate surface area is 151 Å². The molecular formula is C19H11F3N4O. The molecule has 5 nitrogen and oxygen atoms in total. The molecule has 0 saturated heterocycles. The average molecular weight is 368 g/mol. The van der Waals surface area contributed by atoms with Gasteiger partial charge < -0.3 is 10.5 Å². The number of hydrogen-bond donors (Lipinski definition) is 2. The van der Waals surface area contributed by atoms with E-state index in [-0.39, 0.29) is 28.5 Å². The van der Waals surface area contributed by atoms with Gasteiger partial charge in [0, 0.05) is 11.1 Å². The standard InChI is InChI=1S/C19H11F3N4O/c20-10-6-4-9(5-7-10)17-16-14(15-12(21)2-1-3-13(15)22)11(8-23)18(24)27-19(16)26-25-17/h1-7,14H,24H2,(H,25,26). The Morgan fingerprint density at radius 2 is 1.70 bits per heavy atom. The van der Waals surface area contributed by atoms with Gasteiger partial charge in [0.1, 0.15) is 29.1 Å². The largest absolute Gasteiger partial charge is 0.420 e. The van der Waals surface area contributed by atoms with E-state index >= 15 is 0 Å². The number of hydrogen-bond acceptors (Lipinski definition) is 4. The van der Waals surface area contributed by atoms with Crippen molar-refractivity contribution in [2.45, 2.75) is 5.92 Å². The van der Waals surface area contributed by atoms with Crippen molar-refractivity contribution in [2.24, 2.45) is 5.73 Å². The summed E-state index contributed by atoms with van der Waals surface area (Å²) in [5.41, 5.74) is 6.40. The summed E-state index contributed by atoms with van der Waals surface area (Å²) in [5.74, 6) is -3.56. The fourth-order valence-corrected chi connectivity index (χ4v) is 3.16. The van der Waals surface area contributed by atoms with E-state index in [1.807, 2.05) is 6.07 Å². The van der Waals surface area contributed by atoms with Gasteiger partial charge in [0.25, 0.3) is 0 Å². The first-order valence-corrected chi connectivity index (χ1v) is 7.87. The molecule has 8 heteroatoms. The lowest BCUT2D eigenvalue weighted by molar-refractivity contribution is 0.376. The van der Waals surface area contributed by atoms with Crippen LogP contribution in [0.2, 0.25) is 0 Å². The molecule has 1 unspecified atom stereocenters. The van der Waals surface area contributed by atoms with Crippen molar-refractivity contribution in [3.8, 4) is 23.2 Å². The van der Waals surface area contributed by atoms with E-state index in [1.165, 1.54) is 30.3 Å². The van der Waals surface area contributed by atoms with Crippen LogP contribution >= 0.6 is 0 Å². The number of aromatic nitrogens is 2. The summed E-state index contributed by atoms with van der Waals surface area (Å²) in [6.07, 6.45) is 0. The van der Waals surface area contributed by atoms with Crippen molar-refractivity contribution in [3.05, 3.63) is 82.5 Å². The first-order chi connectivity index (χ1) is 13.0. The summed E-state index contributed by atoms with van der Waals surface area (Å²) < 4.78 is 47.7. The Morgan fingerprint density at radius 1 is 1.04 bits per heavy atom. The minimum atomic E-state index is -1.17. The second-order valence-corrected chi connectivity index (χ2v) is 5.88. The van der Waals surface area contributed by atoms with Gasteiger partial charge >= 0.3 is 0 Å². The molecule has 3 N–H and O–H groups in total. The normalized spacial score (nSPS) is 15.9. The highest BCUT2D eigenvalue weighted by Crippen LogP contribution is 2.46. The third kappa shape index (κ3) is 2.60. The molecular weight excluding hydrogens is 357 g/mol. The monoisotopic (exact) mass is 368 g/mol. The molecule has 1 aliphatic rings. The Balaban J connectivity index is 2.00. The zero-order chi connectivity index (χ0) is 19.1. The first kappa shape index (κ1) is 16.7.